The molecule has 0 amide bonds. The molecular formula is C14H22O4. The van der Waals surface area contributed by atoms with Gasteiger partial charge in [-0.1, -0.05) is 6.07 Å². The summed E-state index contributed by atoms with van der Waals surface area (Å²) < 4.78 is 11.1. The Morgan fingerprint density at radius 3 is 2.50 bits per heavy atom. The molecule has 0 fully saturated rings. The van der Waals surface area contributed by atoms with Crippen LogP contribution < -0.4 is 9.47 Å². The van der Waals surface area contributed by atoms with E-state index < -0.39 is 0 Å². The average Bonchev–Trinajstić information content (AvgIpc) is 2.40. The lowest BCUT2D eigenvalue weighted by atomic mass is 10.2. The summed E-state index contributed by atoms with van der Waals surface area (Å²) in [5, 5.41) is 17.7. The number of benzene rings is 1. The van der Waals surface area contributed by atoms with Crippen molar-refractivity contribution in [3.63, 3.8) is 0 Å². The van der Waals surface area contributed by atoms with Crippen LogP contribution in [0.1, 0.15) is 31.7 Å². The monoisotopic (exact) mass is 254 g/mol. The van der Waals surface area contributed by atoms with Crippen LogP contribution in [0.15, 0.2) is 18.2 Å². The maximum absolute atomic E-state index is 9.07. The highest BCUT2D eigenvalue weighted by atomic mass is 16.5. The summed E-state index contributed by atoms with van der Waals surface area (Å²) in [6, 6.07) is 5.45. The molecule has 0 aliphatic carbocycles. The third-order valence-electron chi connectivity index (χ3n) is 2.55. The van der Waals surface area contributed by atoms with Crippen molar-refractivity contribution in [2.75, 3.05) is 19.8 Å². The predicted octanol–water partition coefficient (Wildman–Crippen LogP) is 2.12. The summed E-state index contributed by atoms with van der Waals surface area (Å²) in [5.41, 5.74) is 0.811. The first-order valence-corrected chi connectivity index (χ1v) is 6.42. The number of rotatable bonds is 9. The number of aliphatic hydroxyl groups excluding tert-OH is 2. The van der Waals surface area contributed by atoms with Gasteiger partial charge in [0.2, 0.25) is 0 Å². The second kappa shape index (κ2) is 8.78. The number of ether oxygens (including phenoxy) is 2. The minimum Gasteiger partial charge on any atom is -0.490 e. The fourth-order valence-electron chi connectivity index (χ4n) is 1.61. The smallest absolute Gasteiger partial charge is 0.161 e. The van der Waals surface area contributed by atoms with Gasteiger partial charge in [-0.25, -0.2) is 0 Å². The van der Waals surface area contributed by atoms with E-state index in [4.69, 9.17) is 19.7 Å². The first-order chi connectivity index (χ1) is 8.81. The van der Waals surface area contributed by atoms with Crippen LogP contribution in [0.3, 0.4) is 0 Å². The van der Waals surface area contributed by atoms with E-state index in [1.807, 2.05) is 19.1 Å². The lowest BCUT2D eigenvalue weighted by molar-refractivity contribution is 0.253. The molecule has 102 valence electrons. The van der Waals surface area contributed by atoms with Crippen molar-refractivity contribution < 1.29 is 19.7 Å². The van der Waals surface area contributed by atoms with E-state index in [9.17, 15) is 0 Å². The van der Waals surface area contributed by atoms with Crippen LogP contribution in [0, 0.1) is 0 Å². The molecule has 0 unspecified atom stereocenters. The molecule has 2 N–H and O–H groups in total. The SMILES string of the molecule is CCOc1cc(CO)ccc1OCCCCCO. The Morgan fingerprint density at radius 1 is 1.00 bits per heavy atom. The Kier molecular flexibility index (Phi) is 7.22. The van der Waals surface area contributed by atoms with Crippen LogP contribution >= 0.6 is 0 Å². The van der Waals surface area contributed by atoms with Gasteiger partial charge < -0.3 is 19.7 Å². The van der Waals surface area contributed by atoms with E-state index >= 15 is 0 Å². The largest absolute Gasteiger partial charge is 0.490 e. The van der Waals surface area contributed by atoms with Crippen LogP contribution in [0.5, 0.6) is 11.5 Å². The molecule has 0 aliphatic rings. The second-order valence-electron chi connectivity index (χ2n) is 4.00. The minimum atomic E-state index is -0.00312. The van der Waals surface area contributed by atoms with Crippen molar-refractivity contribution in [1.82, 2.24) is 0 Å². The zero-order valence-electron chi connectivity index (χ0n) is 10.9. The number of aliphatic hydroxyl groups is 2. The summed E-state index contributed by atoms with van der Waals surface area (Å²) in [7, 11) is 0. The van der Waals surface area contributed by atoms with Gasteiger partial charge in [0, 0.05) is 6.61 Å². The third kappa shape index (κ3) is 4.94. The summed E-state index contributed by atoms with van der Waals surface area (Å²) in [4.78, 5) is 0. The Balaban J connectivity index is 2.52. The van der Waals surface area contributed by atoms with Gasteiger partial charge in [0.05, 0.1) is 19.8 Å². The second-order valence-corrected chi connectivity index (χ2v) is 4.00. The standard InChI is InChI=1S/C14H22O4/c1-2-17-14-10-12(11-16)6-7-13(14)18-9-5-3-4-8-15/h6-7,10,15-16H,2-5,8-9,11H2,1H3. The Bertz CT molecular complexity index is 339. The molecule has 0 atom stereocenters. The molecule has 1 aromatic carbocycles. The van der Waals surface area contributed by atoms with E-state index in [1.54, 1.807) is 6.07 Å². The zero-order valence-corrected chi connectivity index (χ0v) is 10.9. The van der Waals surface area contributed by atoms with Gasteiger partial charge in [0.25, 0.3) is 0 Å². The normalized spacial score (nSPS) is 10.4. The van der Waals surface area contributed by atoms with Gasteiger partial charge in [-0.2, -0.15) is 0 Å². The molecule has 1 aromatic rings. The van der Waals surface area contributed by atoms with E-state index in [0.29, 0.717) is 24.7 Å². The zero-order chi connectivity index (χ0) is 13.2. The third-order valence-corrected chi connectivity index (χ3v) is 2.55. The van der Waals surface area contributed by atoms with Crippen LogP contribution in [0.25, 0.3) is 0 Å². The fourth-order valence-corrected chi connectivity index (χ4v) is 1.61. The Hall–Kier alpha value is -1.26. The van der Waals surface area contributed by atoms with Crippen molar-refractivity contribution in [3.8, 4) is 11.5 Å². The van der Waals surface area contributed by atoms with E-state index in [2.05, 4.69) is 0 Å². The highest BCUT2D eigenvalue weighted by Crippen LogP contribution is 2.28. The number of unbranched alkanes of at least 4 members (excludes halogenated alkanes) is 2. The summed E-state index contributed by atoms with van der Waals surface area (Å²) in [5.74, 6) is 1.38. The first kappa shape index (κ1) is 14.8. The molecule has 0 spiro atoms. The van der Waals surface area contributed by atoms with E-state index in [0.717, 1.165) is 24.8 Å². The van der Waals surface area contributed by atoms with Gasteiger partial charge in [0.1, 0.15) is 0 Å². The quantitative estimate of drug-likeness (QED) is 0.663. The molecule has 4 nitrogen and oxygen atoms in total. The maximum Gasteiger partial charge on any atom is 0.161 e. The van der Waals surface area contributed by atoms with Crippen LogP contribution in [-0.4, -0.2) is 30.0 Å². The van der Waals surface area contributed by atoms with Gasteiger partial charge >= 0.3 is 0 Å². The Labute approximate surface area is 108 Å². The van der Waals surface area contributed by atoms with Crippen molar-refractivity contribution in [2.45, 2.75) is 32.8 Å². The summed E-state index contributed by atoms with van der Waals surface area (Å²) >= 11 is 0. The van der Waals surface area contributed by atoms with Gasteiger partial charge in [-0.15, -0.1) is 0 Å². The molecule has 0 saturated heterocycles. The predicted molar refractivity (Wildman–Crippen MR) is 70.0 cm³/mol. The van der Waals surface area contributed by atoms with Gasteiger partial charge in [-0.3, -0.25) is 0 Å². The molecule has 18 heavy (non-hydrogen) atoms. The minimum absolute atomic E-state index is 0.00312. The first-order valence-electron chi connectivity index (χ1n) is 6.42. The highest BCUT2D eigenvalue weighted by molar-refractivity contribution is 5.42. The lowest BCUT2D eigenvalue weighted by Gasteiger charge is -2.12. The van der Waals surface area contributed by atoms with Crippen molar-refractivity contribution in [2.24, 2.45) is 0 Å². The van der Waals surface area contributed by atoms with Crippen LogP contribution in [0.2, 0.25) is 0 Å². The van der Waals surface area contributed by atoms with Crippen molar-refractivity contribution >= 4 is 0 Å². The van der Waals surface area contributed by atoms with Gasteiger partial charge in [-0.05, 0) is 43.9 Å². The topological polar surface area (TPSA) is 58.9 Å². The molecule has 0 aliphatic heterocycles. The van der Waals surface area contributed by atoms with E-state index in [-0.39, 0.29) is 13.2 Å². The summed E-state index contributed by atoms with van der Waals surface area (Å²) in [6.07, 6.45) is 2.67. The van der Waals surface area contributed by atoms with Crippen molar-refractivity contribution in [3.05, 3.63) is 23.8 Å². The molecule has 0 radical (unpaired) electrons. The maximum atomic E-state index is 9.07. The molecule has 0 saturated carbocycles. The van der Waals surface area contributed by atoms with Crippen LogP contribution in [-0.2, 0) is 6.61 Å². The van der Waals surface area contributed by atoms with E-state index in [1.165, 1.54) is 0 Å². The molecular weight excluding hydrogens is 232 g/mol. The average molecular weight is 254 g/mol. The summed E-state index contributed by atoms with van der Waals surface area (Å²) in [6.45, 7) is 3.32. The molecule has 0 bridgehead atoms. The lowest BCUT2D eigenvalue weighted by Crippen LogP contribution is -2.02. The molecule has 1 rings (SSSR count). The number of hydrogen-bond acceptors (Lipinski definition) is 4. The highest BCUT2D eigenvalue weighted by Gasteiger charge is 2.06. The van der Waals surface area contributed by atoms with Gasteiger partial charge in [0.15, 0.2) is 11.5 Å². The molecule has 4 heteroatoms. The van der Waals surface area contributed by atoms with Crippen LogP contribution in [0.4, 0.5) is 0 Å². The van der Waals surface area contributed by atoms with Crippen molar-refractivity contribution in [1.29, 1.82) is 0 Å². The molecule has 0 aromatic heterocycles. The molecule has 0 heterocycles. The number of hydrogen-bond donors (Lipinski definition) is 2. The fraction of sp³-hybridized carbons (Fsp3) is 0.571. The Morgan fingerprint density at radius 2 is 1.83 bits per heavy atom.